The van der Waals surface area contributed by atoms with Crippen molar-refractivity contribution in [3.8, 4) is 16.9 Å². The van der Waals surface area contributed by atoms with Gasteiger partial charge in [-0.15, -0.1) is 0 Å². The van der Waals surface area contributed by atoms with E-state index in [1.807, 2.05) is 45.2 Å². The van der Waals surface area contributed by atoms with Crippen molar-refractivity contribution in [3.63, 3.8) is 0 Å². The number of hydrogen-bond acceptors (Lipinski definition) is 5. The number of hydrogen-bond donors (Lipinski definition) is 0. The van der Waals surface area contributed by atoms with Gasteiger partial charge in [0.2, 0.25) is 0 Å². The third kappa shape index (κ3) is 3.99. The smallest absolute Gasteiger partial charge is 0.151 e. The van der Waals surface area contributed by atoms with Gasteiger partial charge >= 0.3 is 0 Å². The first-order chi connectivity index (χ1) is 14.4. The van der Waals surface area contributed by atoms with Crippen molar-refractivity contribution in [2.75, 3.05) is 7.05 Å². The Morgan fingerprint density at radius 3 is 2.53 bits per heavy atom. The van der Waals surface area contributed by atoms with Crippen molar-refractivity contribution in [2.45, 2.75) is 26.9 Å². The highest BCUT2D eigenvalue weighted by atomic mass is 19.1. The zero-order valence-electron chi connectivity index (χ0n) is 16.9. The third-order valence-corrected chi connectivity index (χ3v) is 4.95. The molecule has 0 fully saturated rings. The van der Waals surface area contributed by atoms with Crippen molar-refractivity contribution < 1.29 is 13.4 Å². The van der Waals surface area contributed by atoms with Crippen LogP contribution in [-0.2, 0) is 13.1 Å². The van der Waals surface area contributed by atoms with Crippen molar-refractivity contribution >= 4 is 0 Å². The van der Waals surface area contributed by atoms with Gasteiger partial charge in [-0.1, -0.05) is 34.6 Å². The van der Waals surface area contributed by atoms with Crippen LogP contribution in [-0.4, -0.2) is 32.0 Å². The van der Waals surface area contributed by atoms with Gasteiger partial charge in [0.15, 0.2) is 5.82 Å². The van der Waals surface area contributed by atoms with E-state index >= 15 is 0 Å². The van der Waals surface area contributed by atoms with E-state index in [9.17, 15) is 8.78 Å². The van der Waals surface area contributed by atoms with Crippen LogP contribution in [0.15, 0.2) is 53.3 Å². The van der Waals surface area contributed by atoms with E-state index in [1.165, 1.54) is 16.8 Å². The lowest BCUT2D eigenvalue weighted by Crippen LogP contribution is -2.18. The number of rotatable bonds is 6. The number of halogens is 2. The molecule has 154 valence electrons. The molecule has 0 spiro atoms. The van der Waals surface area contributed by atoms with Gasteiger partial charge in [-0.2, -0.15) is 5.10 Å². The Morgan fingerprint density at radius 1 is 1.03 bits per heavy atom. The van der Waals surface area contributed by atoms with Crippen LogP contribution in [0.3, 0.4) is 0 Å². The van der Waals surface area contributed by atoms with Gasteiger partial charge in [0.25, 0.3) is 0 Å². The van der Waals surface area contributed by atoms with Crippen molar-refractivity contribution in [1.82, 2.24) is 25.0 Å². The highest BCUT2D eigenvalue weighted by Crippen LogP contribution is 2.28. The first-order valence-electron chi connectivity index (χ1n) is 9.49. The molecule has 2 aromatic carbocycles. The summed E-state index contributed by atoms with van der Waals surface area (Å²) in [7, 11) is 1.95. The average molecular weight is 409 g/mol. The molecule has 4 rings (SSSR count). The predicted octanol–water partition coefficient (Wildman–Crippen LogP) is 4.45. The number of nitrogens with zero attached hydrogens (tertiary/aromatic N) is 5. The summed E-state index contributed by atoms with van der Waals surface area (Å²) in [4.78, 5) is 2.05. The maximum Gasteiger partial charge on any atom is 0.151 e. The van der Waals surface area contributed by atoms with Crippen LogP contribution in [0.2, 0.25) is 0 Å². The number of aromatic nitrogens is 4. The molecule has 0 saturated carbocycles. The van der Waals surface area contributed by atoms with Gasteiger partial charge in [0.05, 0.1) is 5.69 Å². The minimum Gasteiger partial charge on any atom is -0.296 e. The van der Waals surface area contributed by atoms with Crippen LogP contribution >= 0.6 is 0 Å². The van der Waals surface area contributed by atoms with Crippen LogP contribution in [0.25, 0.3) is 16.9 Å². The Labute approximate surface area is 172 Å². The first kappa shape index (κ1) is 19.9. The normalized spacial score (nSPS) is 11.4. The molecule has 0 N–H and O–H groups in total. The number of benzene rings is 2. The molecule has 0 unspecified atom stereocenters. The lowest BCUT2D eigenvalue weighted by atomic mass is 10.0. The summed E-state index contributed by atoms with van der Waals surface area (Å²) >= 11 is 0. The van der Waals surface area contributed by atoms with Gasteiger partial charge in [-0.05, 0) is 38.6 Å². The second-order valence-electron chi connectivity index (χ2n) is 7.33. The maximum atomic E-state index is 14.4. The minimum atomic E-state index is -0.668. The molecule has 0 aliphatic heterocycles. The molecular weight excluding hydrogens is 388 g/mol. The Kier molecular flexibility index (Phi) is 5.41. The second-order valence-corrected chi connectivity index (χ2v) is 7.33. The van der Waals surface area contributed by atoms with Crippen molar-refractivity contribution in [1.29, 1.82) is 0 Å². The van der Waals surface area contributed by atoms with Gasteiger partial charge in [0.1, 0.15) is 22.9 Å². The summed E-state index contributed by atoms with van der Waals surface area (Å²) in [6.07, 6.45) is 1.78. The third-order valence-electron chi connectivity index (χ3n) is 4.95. The molecule has 2 heterocycles. The molecule has 0 aliphatic carbocycles. The maximum absolute atomic E-state index is 14.4. The Hall–Kier alpha value is -3.39. The fourth-order valence-electron chi connectivity index (χ4n) is 3.38. The lowest BCUT2D eigenvalue weighted by molar-refractivity contribution is 0.279. The molecular formula is C22H21F2N5O. The fourth-order valence-corrected chi connectivity index (χ4v) is 3.38. The van der Waals surface area contributed by atoms with E-state index in [0.717, 1.165) is 39.8 Å². The van der Waals surface area contributed by atoms with Crippen LogP contribution in [0.5, 0.6) is 0 Å². The zero-order chi connectivity index (χ0) is 21.3. The predicted molar refractivity (Wildman–Crippen MR) is 108 cm³/mol. The summed E-state index contributed by atoms with van der Waals surface area (Å²) < 4.78 is 34.0. The summed E-state index contributed by atoms with van der Waals surface area (Å²) in [5, 5.41) is 12.4. The van der Waals surface area contributed by atoms with Gasteiger partial charge in [-0.25, -0.2) is 18.1 Å². The highest BCUT2D eigenvalue weighted by molar-refractivity contribution is 5.66. The van der Waals surface area contributed by atoms with Crippen LogP contribution in [0, 0.1) is 25.5 Å². The monoisotopic (exact) mass is 409 g/mol. The molecule has 8 heteroatoms. The van der Waals surface area contributed by atoms with Crippen LogP contribution in [0.4, 0.5) is 8.78 Å². The molecule has 0 radical (unpaired) electrons. The van der Waals surface area contributed by atoms with E-state index in [-0.39, 0.29) is 5.69 Å². The standard InChI is InChI=1S/C22H21F2N5O/c1-14-6-4-5-7-18(14)22-16(11-28(3)13-20-15(2)26-30-27-20)12-29(25-22)21-9-8-17(23)10-19(21)24/h4-10,12H,11,13H2,1-3H3. The fraction of sp³-hybridized carbons (Fsp3) is 0.227. The van der Waals surface area contributed by atoms with E-state index in [0.29, 0.717) is 13.1 Å². The zero-order valence-corrected chi connectivity index (χ0v) is 16.9. The first-order valence-corrected chi connectivity index (χ1v) is 9.49. The second kappa shape index (κ2) is 8.16. The van der Waals surface area contributed by atoms with Gasteiger partial charge in [0, 0.05) is 36.5 Å². The SMILES string of the molecule is Cc1ccccc1-c1nn(-c2ccc(F)cc2F)cc1CN(C)Cc1nonc1C. The minimum absolute atomic E-state index is 0.191. The van der Waals surface area contributed by atoms with Gasteiger partial charge < -0.3 is 0 Å². The topological polar surface area (TPSA) is 60.0 Å². The average Bonchev–Trinajstić information content (AvgIpc) is 3.28. The molecule has 0 aliphatic rings. The summed E-state index contributed by atoms with van der Waals surface area (Å²) in [5.41, 5.74) is 5.36. The van der Waals surface area contributed by atoms with Crippen molar-refractivity contribution in [3.05, 3.63) is 82.8 Å². The molecule has 30 heavy (non-hydrogen) atoms. The quantitative estimate of drug-likeness (QED) is 0.471. The Bertz CT molecular complexity index is 1180. The molecule has 0 saturated heterocycles. The van der Waals surface area contributed by atoms with E-state index in [4.69, 9.17) is 4.63 Å². The molecule has 0 amide bonds. The van der Waals surface area contributed by atoms with Crippen LogP contribution < -0.4 is 0 Å². The molecule has 0 atom stereocenters. The van der Waals surface area contributed by atoms with E-state index in [2.05, 4.69) is 20.3 Å². The molecule has 6 nitrogen and oxygen atoms in total. The summed E-state index contributed by atoms with van der Waals surface area (Å²) in [5.74, 6) is -1.29. The van der Waals surface area contributed by atoms with Crippen molar-refractivity contribution in [2.24, 2.45) is 0 Å². The largest absolute Gasteiger partial charge is 0.296 e. The Morgan fingerprint density at radius 2 is 1.83 bits per heavy atom. The Balaban J connectivity index is 1.73. The van der Waals surface area contributed by atoms with Crippen LogP contribution in [0.1, 0.15) is 22.5 Å². The highest BCUT2D eigenvalue weighted by Gasteiger charge is 2.18. The van der Waals surface area contributed by atoms with E-state index in [1.54, 1.807) is 6.20 Å². The molecule has 2 aromatic heterocycles. The summed E-state index contributed by atoms with van der Waals surface area (Å²) in [6, 6.07) is 11.4. The lowest BCUT2D eigenvalue weighted by Gasteiger charge is -2.15. The van der Waals surface area contributed by atoms with Gasteiger partial charge in [-0.3, -0.25) is 4.90 Å². The number of aryl methyl sites for hydroxylation is 2. The summed E-state index contributed by atoms with van der Waals surface area (Å²) in [6.45, 7) is 4.93. The molecule has 0 bridgehead atoms. The van der Waals surface area contributed by atoms with E-state index < -0.39 is 11.6 Å². The molecule has 4 aromatic rings.